The van der Waals surface area contributed by atoms with Crippen molar-refractivity contribution in [3.8, 4) is 0 Å². The number of hydrogen-bond donors (Lipinski definition) is 2. The second kappa shape index (κ2) is 6.02. The van der Waals surface area contributed by atoms with E-state index in [0.717, 1.165) is 49.3 Å². The molecule has 0 bridgehead atoms. The normalized spacial score (nSPS) is 22.3. The van der Waals surface area contributed by atoms with Crippen LogP contribution in [0.1, 0.15) is 57.6 Å². The van der Waals surface area contributed by atoms with Crippen LogP contribution in [0.15, 0.2) is 18.3 Å². The molecule has 0 spiro atoms. The number of nitrogens with zero attached hydrogens (tertiary/aromatic N) is 3. The van der Waals surface area contributed by atoms with E-state index < -0.39 is 0 Å². The van der Waals surface area contributed by atoms with Gasteiger partial charge in [-0.05, 0) is 32.1 Å². The van der Waals surface area contributed by atoms with Gasteiger partial charge >= 0.3 is 0 Å². The Balaban J connectivity index is 1.93. The number of fused-ring (bicyclic) bond motifs is 1. The lowest BCUT2D eigenvalue weighted by molar-refractivity contribution is 0.621. The van der Waals surface area contributed by atoms with Crippen LogP contribution in [0.25, 0.3) is 5.65 Å². The first-order valence-electron chi connectivity index (χ1n) is 8.08. The average molecular weight is 287 g/mol. The summed E-state index contributed by atoms with van der Waals surface area (Å²) < 4.78 is 1.90. The molecule has 0 amide bonds. The third-order valence-electron chi connectivity index (χ3n) is 4.61. The Morgan fingerprint density at radius 1 is 1.38 bits per heavy atom. The second-order valence-electron chi connectivity index (χ2n) is 6.10. The summed E-state index contributed by atoms with van der Waals surface area (Å²) in [6.07, 6.45) is 7.30. The van der Waals surface area contributed by atoms with Gasteiger partial charge in [0, 0.05) is 35.8 Å². The number of nitrogens with two attached hydrogens (primary N) is 1. The number of aromatic nitrogens is 3. The highest BCUT2D eigenvalue weighted by Crippen LogP contribution is 2.27. The summed E-state index contributed by atoms with van der Waals surface area (Å²) in [6, 6.07) is 4.92. The lowest BCUT2D eigenvalue weighted by Crippen LogP contribution is -2.22. The fourth-order valence-electron chi connectivity index (χ4n) is 3.31. The topological polar surface area (TPSA) is 68.2 Å². The molecule has 1 aliphatic rings. The molecule has 2 heterocycles. The lowest BCUT2D eigenvalue weighted by Gasteiger charge is -2.18. The minimum Gasteiger partial charge on any atom is -0.367 e. The van der Waals surface area contributed by atoms with E-state index in [1.54, 1.807) is 0 Å². The van der Waals surface area contributed by atoms with Crippen molar-refractivity contribution in [1.82, 2.24) is 14.6 Å². The summed E-state index contributed by atoms with van der Waals surface area (Å²) in [4.78, 5) is 4.76. The number of anilines is 1. The Labute approximate surface area is 125 Å². The molecule has 3 N–H and O–H groups in total. The first kappa shape index (κ1) is 14.3. The zero-order chi connectivity index (χ0) is 14.8. The fraction of sp³-hybridized carbons (Fsp3) is 0.625. The predicted molar refractivity (Wildman–Crippen MR) is 85.5 cm³/mol. The monoisotopic (exact) mass is 287 g/mol. The second-order valence-corrected chi connectivity index (χ2v) is 6.10. The fourth-order valence-corrected chi connectivity index (χ4v) is 3.31. The zero-order valence-corrected chi connectivity index (χ0v) is 12.9. The highest BCUT2D eigenvalue weighted by molar-refractivity contribution is 5.50. The minimum atomic E-state index is 0.330. The smallest absolute Gasteiger partial charge is 0.157 e. The molecule has 1 fully saturated rings. The van der Waals surface area contributed by atoms with Crippen molar-refractivity contribution in [2.45, 2.75) is 64.0 Å². The summed E-state index contributed by atoms with van der Waals surface area (Å²) in [5.74, 6) is 1.56. The van der Waals surface area contributed by atoms with Gasteiger partial charge in [-0.15, -0.1) is 0 Å². The van der Waals surface area contributed by atoms with Gasteiger partial charge in [0.25, 0.3) is 0 Å². The van der Waals surface area contributed by atoms with Gasteiger partial charge in [-0.25, -0.2) is 4.98 Å². The summed E-state index contributed by atoms with van der Waals surface area (Å²) in [5, 5.41) is 8.02. The van der Waals surface area contributed by atoms with E-state index in [2.05, 4.69) is 30.3 Å². The molecule has 0 aliphatic heterocycles. The molecule has 21 heavy (non-hydrogen) atoms. The van der Waals surface area contributed by atoms with Crippen molar-refractivity contribution >= 4 is 11.5 Å². The average Bonchev–Trinajstić information content (AvgIpc) is 3.09. The molecule has 0 saturated heterocycles. The van der Waals surface area contributed by atoms with Gasteiger partial charge < -0.3 is 11.1 Å². The van der Waals surface area contributed by atoms with Crippen LogP contribution in [-0.4, -0.2) is 26.7 Å². The van der Waals surface area contributed by atoms with Gasteiger partial charge in [0.2, 0.25) is 0 Å². The van der Waals surface area contributed by atoms with Crippen molar-refractivity contribution < 1.29 is 0 Å². The molecule has 2 aromatic heterocycles. The van der Waals surface area contributed by atoms with Gasteiger partial charge in [-0.1, -0.05) is 13.8 Å². The molecular formula is C16H25N5. The van der Waals surface area contributed by atoms with Crippen LogP contribution < -0.4 is 11.1 Å². The van der Waals surface area contributed by atoms with Crippen molar-refractivity contribution in [2.75, 3.05) is 5.32 Å². The summed E-state index contributed by atoms with van der Waals surface area (Å²) in [7, 11) is 0. The quantitative estimate of drug-likeness (QED) is 0.887. The van der Waals surface area contributed by atoms with Gasteiger partial charge in [0.15, 0.2) is 5.65 Å². The van der Waals surface area contributed by atoms with E-state index in [1.165, 1.54) is 0 Å². The Bertz CT molecular complexity index is 602. The van der Waals surface area contributed by atoms with Crippen LogP contribution in [0.2, 0.25) is 0 Å². The van der Waals surface area contributed by atoms with E-state index in [9.17, 15) is 0 Å². The maximum absolute atomic E-state index is 6.02. The molecule has 5 heteroatoms. The van der Waals surface area contributed by atoms with E-state index in [0.29, 0.717) is 18.0 Å². The molecule has 0 radical (unpaired) electrons. The maximum Gasteiger partial charge on any atom is 0.157 e. The van der Waals surface area contributed by atoms with Crippen LogP contribution in [0.3, 0.4) is 0 Å². The van der Waals surface area contributed by atoms with E-state index in [1.807, 2.05) is 16.8 Å². The Kier molecular flexibility index (Phi) is 4.10. The standard InChI is InChI=1S/C16H25N5/c1-3-11(4-2)14-10-16(19-13-6-5-12(17)9-13)21-15(20-14)7-8-18-21/h7-8,10-13,19H,3-6,9,17H2,1-2H3/t12-,13+/m0/s1. The molecule has 2 atom stereocenters. The van der Waals surface area contributed by atoms with Crippen molar-refractivity contribution in [3.63, 3.8) is 0 Å². The molecule has 0 aromatic carbocycles. The van der Waals surface area contributed by atoms with E-state index in [4.69, 9.17) is 10.7 Å². The summed E-state index contributed by atoms with van der Waals surface area (Å²) in [5.41, 5.74) is 8.10. The summed E-state index contributed by atoms with van der Waals surface area (Å²) in [6.45, 7) is 4.44. The van der Waals surface area contributed by atoms with E-state index >= 15 is 0 Å². The van der Waals surface area contributed by atoms with Crippen molar-refractivity contribution in [2.24, 2.45) is 5.73 Å². The van der Waals surface area contributed by atoms with Gasteiger partial charge in [-0.2, -0.15) is 9.61 Å². The van der Waals surface area contributed by atoms with Gasteiger partial charge in [-0.3, -0.25) is 0 Å². The van der Waals surface area contributed by atoms with Crippen LogP contribution in [0, 0.1) is 0 Å². The number of hydrogen-bond acceptors (Lipinski definition) is 4. The first-order valence-corrected chi connectivity index (χ1v) is 8.08. The van der Waals surface area contributed by atoms with Crippen molar-refractivity contribution in [1.29, 1.82) is 0 Å². The molecule has 114 valence electrons. The number of rotatable bonds is 5. The highest BCUT2D eigenvalue weighted by Gasteiger charge is 2.23. The third kappa shape index (κ3) is 2.88. The Morgan fingerprint density at radius 3 is 2.86 bits per heavy atom. The molecule has 0 unspecified atom stereocenters. The van der Waals surface area contributed by atoms with Gasteiger partial charge in [0.05, 0.1) is 6.20 Å². The Hall–Kier alpha value is -1.62. The minimum absolute atomic E-state index is 0.330. The lowest BCUT2D eigenvalue weighted by atomic mass is 9.99. The molecule has 2 aromatic rings. The first-order chi connectivity index (χ1) is 10.2. The Morgan fingerprint density at radius 2 is 2.19 bits per heavy atom. The summed E-state index contributed by atoms with van der Waals surface area (Å²) >= 11 is 0. The van der Waals surface area contributed by atoms with Crippen LogP contribution in [0.4, 0.5) is 5.82 Å². The van der Waals surface area contributed by atoms with E-state index in [-0.39, 0.29) is 0 Å². The van der Waals surface area contributed by atoms with Crippen LogP contribution >= 0.6 is 0 Å². The van der Waals surface area contributed by atoms with Crippen LogP contribution in [-0.2, 0) is 0 Å². The molecular weight excluding hydrogens is 262 g/mol. The molecule has 3 rings (SSSR count). The SMILES string of the molecule is CCC(CC)c1cc(N[C@@H]2CC[C@H](N)C2)n2nccc2n1. The molecule has 1 aliphatic carbocycles. The highest BCUT2D eigenvalue weighted by atomic mass is 15.3. The largest absolute Gasteiger partial charge is 0.367 e. The van der Waals surface area contributed by atoms with Crippen LogP contribution in [0.5, 0.6) is 0 Å². The molecule has 5 nitrogen and oxygen atoms in total. The predicted octanol–water partition coefficient (Wildman–Crippen LogP) is 2.92. The maximum atomic E-state index is 6.02. The third-order valence-corrected chi connectivity index (χ3v) is 4.61. The molecule has 1 saturated carbocycles. The van der Waals surface area contributed by atoms with Crippen molar-refractivity contribution in [3.05, 3.63) is 24.0 Å². The number of nitrogens with one attached hydrogen (secondary N) is 1. The zero-order valence-electron chi connectivity index (χ0n) is 12.9. The van der Waals surface area contributed by atoms with Gasteiger partial charge in [0.1, 0.15) is 5.82 Å².